The highest BCUT2D eigenvalue weighted by Gasteiger charge is 2.50. The molecule has 8 heteroatoms. The highest BCUT2D eigenvalue weighted by molar-refractivity contribution is 7.99. The summed E-state index contributed by atoms with van der Waals surface area (Å²) in [7, 11) is 1.54. The van der Waals surface area contributed by atoms with Gasteiger partial charge in [0.2, 0.25) is 5.91 Å². The van der Waals surface area contributed by atoms with Gasteiger partial charge >= 0.3 is 6.03 Å². The number of carbonyl (C=O) groups is 3. The summed E-state index contributed by atoms with van der Waals surface area (Å²) in [5, 5.41) is 2.78. The van der Waals surface area contributed by atoms with E-state index in [0.717, 1.165) is 21.0 Å². The zero-order chi connectivity index (χ0) is 24.6. The number of imide groups is 1. The van der Waals surface area contributed by atoms with Crippen LogP contribution >= 0.6 is 11.8 Å². The first-order valence-electron chi connectivity index (χ1n) is 11.3. The standard InChI is InChI=1S/C27H25N3O4S/c1-27(19-11-8-12-20(15-19)34-2)25(32)29(26(33)28-27)16-24(31)30-21-13-6-7-14-23(21)35-17-22(30)18-9-4-3-5-10-18/h3-15,22H,16-17H2,1-2H3,(H,28,33)/t22-,27+/m0/s1. The van der Waals surface area contributed by atoms with E-state index >= 15 is 0 Å². The second kappa shape index (κ2) is 9.11. The molecule has 3 aromatic carbocycles. The molecule has 0 saturated carbocycles. The number of anilines is 1. The summed E-state index contributed by atoms with van der Waals surface area (Å²) < 4.78 is 5.28. The van der Waals surface area contributed by atoms with Gasteiger partial charge in [-0.2, -0.15) is 0 Å². The molecule has 2 aliphatic heterocycles. The molecule has 7 nitrogen and oxygen atoms in total. The minimum Gasteiger partial charge on any atom is -0.497 e. The van der Waals surface area contributed by atoms with Crippen LogP contribution in [-0.4, -0.2) is 42.2 Å². The first kappa shape index (κ1) is 23.0. The lowest BCUT2D eigenvalue weighted by molar-refractivity contribution is -0.134. The van der Waals surface area contributed by atoms with Gasteiger partial charge in [-0.15, -0.1) is 11.8 Å². The second-order valence-corrected chi connectivity index (χ2v) is 9.71. The molecule has 3 aromatic rings. The quantitative estimate of drug-likeness (QED) is 0.542. The average molecular weight is 488 g/mol. The molecule has 5 rings (SSSR count). The molecule has 1 N–H and O–H groups in total. The van der Waals surface area contributed by atoms with Gasteiger partial charge in [0.25, 0.3) is 5.91 Å². The van der Waals surface area contributed by atoms with Crippen molar-refractivity contribution in [3.05, 3.63) is 90.0 Å². The van der Waals surface area contributed by atoms with Crippen molar-refractivity contribution >= 4 is 35.3 Å². The van der Waals surface area contributed by atoms with Crippen molar-refractivity contribution < 1.29 is 19.1 Å². The topological polar surface area (TPSA) is 79.0 Å². The van der Waals surface area contributed by atoms with E-state index in [2.05, 4.69) is 5.32 Å². The number of carbonyl (C=O) groups excluding carboxylic acids is 3. The summed E-state index contributed by atoms with van der Waals surface area (Å²) in [6.07, 6.45) is 0. The minimum atomic E-state index is -1.29. The van der Waals surface area contributed by atoms with Crippen LogP contribution in [0.25, 0.3) is 0 Å². The van der Waals surface area contributed by atoms with Crippen LogP contribution in [-0.2, 0) is 15.1 Å². The first-order chi connectivity index (χ1) is 16.9. The zero-order valence-electron chi connectivity index (χ0n) is 19.4. The summed E-state index contributed by atoms with van der Waals surface area (Å²) in [5.41, 5.74) is 1.08. The van der Waals surface area contributed by atoms with Crippen LogP contribution < -0.4 is 15.0 Å². The van der Waals surface area contributed by atoms with Crippen molar-refractivity contribution in [3.8, 4) is 5.75 Å². The van der Waals surface area contributed by atoms with Crippen molar-refractivity contribution in [2.24, 2.45) is 0 Å². The van der Waals surface area contributed by atoms with Crippen LogP contribution in [0.1, 0.15) is 24.1 Å². The molecule has 1 saturated heterocycles. The Bertz CT molecular complexity index is 1300. The number of rotatable bonds is 5. The third-order valence-electron chi connectivity index (χ3n) is 6.50. The first-order valence-corrected chi connectivity index (χ1v) is 12.3. The number of nitrogens with zero attached hydrogens (tertiary/aromatic N) is 2. The Balaban J connectivity index is 1.45. The molecule has 0 aliphatic carbocycles. The molecule has 2 atom stereocenters. The maximum absolute atomic E-state index is 13.8. The minimum absolute atomic E-state index is 0.214. The van der Waals surface area contributed by atoms with Crippen molar-refractivity contribution in [1.29, 1.82) is 0 Å². The summed E-state index contributed by atoms with van der Waals surface area (Å²) >= 11 is 1.69. The lowest BCUT2D eigenvalue weighted by Gasteiger charge is -2.37. The Morgan fingerprint density at radius 1 is 1.06 bits per heavy atom. The van der Waals surface area contributed by atoms with Crippen molar-refractivity contribution in [3.63, 3.8) is 0 Å². The third-order valence-corrected chi connectivity index (χ3v) is 7.64. The number of urea groups is 1. The van der Waals surface area contributed by atoms with Crippen molar-refractivity contribution in [2.45, 2.75) is 23.4 Å². The van der Waals surface area contributed by atoms with Gasteiger partial charge in [0.1, 0.15) is 17.8 Å². The fraction of sp³-hybridized carbons (Fsp3) is 0.222. The number of fused-ring (bicyclic) bond motifs is 1. The normalized spacial score (nSPS) is 21.5. The van der Waals surface area contributed by atoms with Crippen LogP contribution in [0.5, 0.6) is 5.75 Å². The second-order valence-electron chi connectivity index (χ2n) is 8.65. The van der Waals surface area contributed by atoms with E-state index < -0.39 is 17.5 Å². The number of thioether (sulfide) groups is 1. The number of hydrogen-bond donors (Lipinski definition) is 1. The van der Waals surface area contributed by atoms with Gasteiger partial charge in [0, 0.05) is 10.6 Å². The van der Waals surface area contributed by atoms with Crippen LogP contribution in [0.2, 0.25) is 0 Å². The Hall–Kier alpha value is -3.78. The molecule has 2 heterocycles. The molecule has 0 aromatic heterocycles. The van der Waals surface area contributed by atoms with Crippen molar-refractivity contribution in [1.82, 2.24) is 10.2 Å². The average Bonchev–Trinajstić information content (AvgIpc) is 3.12. The molecule has 4 amide bonds. The predicted molar refractivity (Wildman–Crippen MR) is 134 cm³/mol. The van der Waals surface area contributed by atoms with E-state index in [1.807, 2.05) is 54.6 Å². The Labute approximate surface area is 208 Å². The highest BCUT2D eigenvalue weighted by atomic mass is 32.2. The highest BCUT2D eigenvalue weighted by Crippen LogP contribution is 2.43. The van der Waals surface area contributed by atoms with E-state index in [0.29, 0.717) is 17.1 Å². The summed E-state index contributed by atoms with van der Waals surface area (Å²) in [4.78, 5) is 43.9. The van der Waals surface area contributed by atoms with Crippen LogP contribution in [0, 0.1) is 0 Å². The van der Waals surface area contributed by atoms with Gasteiger partial charge < -0.3 is 15.0 Å². The van der Waals surface area contributed by atoms with E-state index in [1.165, 1.54) is 0 Å². The maximum Gasteiger partial charge on any atom is 0.325 e. The van der Waals surface area contributed by atoms with E-state index in [9.17, 15) is 14.4 Å². The monoisotopic (exact) mass is 487 g/mol. The zero-order valence-corrected chi connectivity index (χ0v) is 20.2. The number of ether oxygens (including phenoxy) is 1. The number of amides is 4. The molecule has 1 fully saturated rings. The van der Waals surface area contributed by atoms with E-state index in [1.54, 1.807) is 55.0 Å². The SMILES string of the molecule is COc1cccc([C@@]2(C)NC(=O)N(CC(=O)N3c4ccccc4SC[C@H]3c3ccccc3)C2=O)c1. The molecule has 178 valence electrons. The Kier molecular flexibility index (Phi) is 5.98. The molecule has 35 heavy (non-hydrogen) atoms. The Morgan fingerprint density at radius 2 is 1.80 bits per heavy atom. The number of methoxy groups -OCH3 is 1. The van der Waals surface area contributed by atoms with Gasteiger partial charge in [0.05, 0.1) is 18.8 Å². The van der Waals surface area contributed by atoms with Crippen LogP contribution in [0.3, 0.4) is 0 Å². The molecular weight excluding hydrogens is 462 g/mol. The summed E-state index contributed by atoms with van der Waals surface area (Å²) in [6, 6.07) is 23.7. The van der Waals surface area contributed by atoms with Gasteiger partial charge in [-0.1, -0.05) is 54.6 Å². The molecule has 0 radical (unpaired) electrons. The lowest BCUT2D eigenvalue weighted by Crippen LogP contribution is -2.47. The third kappa shape index (κ3) is 4.04. The van der Waals surface area contributed by atoms with Gasteiger partial charge in [-0.25, -0.2) is 4.79 Å². The predicted octanol–water partition coefficient (Wildman–Crippen LogP) is 4.34. The van der Waals surface area contributed by atoms with E-state index in [-0.39, 0.29) is 18.5 Å². The molecule has 0 unspecified atom stereocenters. The lowest BCUT2D eigenvalue weighted by atomic mass is 9.92. The number of para-hydroxylation sites is 1. The van der Waals surface area contributed by atoms with Crippen molar-refractivity contribution in [2.75, 3.05) is 24.3 Å². The van der Waals surface area contributed by atoms with Crippen LogP contribution in [0.4, 0.5) is 10.5 Å². The van der Waals surface area contributed by atoms with Crippen LogP contribution in [0.15, 0.2) is 83.8 Å². The fourth-order valence-electron chi connectivity index (χ4n) is 4.60. The summed E-state index contributed by atoms with van der Waals surface area (Å²) in [5.74, 6) is 0.465. The smallest absolute Gasteiger partial charge is 0.325 e. The molecular formula is C27H25N3O4S. The number of hydrogen-bond acceptors (Lipinski definition) is 5. The van der Waals surface area contributed by atoms with Gasteiger partial charge in [0.15, 0.2) is 0 Å². The molecule has 0 bridgehead atoms. The molecule has 2 aliphatic rings. The maximum atomic E-state index is 13.8. The molecule has 0 spiro atoms. The summed E-state index contributed by atoms with van der Waals surface area (Å²) in [6.45, 7) is 1.29. The largest absolute Gasteiger partial charge is 0.497 e. The van der Waals surface area contributed by atoms with E-state index in [4.69, 9.17) is 4.74 Å². The van der Waals surface area contributed by atoms with Gasteiger partial charge in [-0.3, -0.25) is 14.5 Å². The number of nitrogens with one attached hydrogen (secondary N) is 1. The Morgan fingerprint density at radius 3 is 2.57 bits per heavy atom. The fourth-order valence-corrected chi connectivity index (χ4v) is 5.77. The number of benzene rings is 3. The van der Waals surface area contributed by atoms with Gasteiger partial charge in [-0.05, 0) is 42.3 Å².